The highest BCUT2D eigenvalue weighted by Gasteiger charge is 2.10. The van der Waals surface area contributed by atoms with Gasteiger partial charge in [-0.3, -0.25) is 0 Å². The van der Waals surface area contributed by atoms with Crippen LogP contribution < -0.4 is 0 Å². The molecule has 1 unspecified atom stereocenters. The fourth-order valence-electron chi connectivity index (χ4n) is 1.66. The molecule has 0 aliphatic heterocycles. The zero-order valence-electron chi connectivity index (χ0n) is 9.46. The number of imidazole rings is 1. The number of rotatable bonds is 3. The van der Waals surface area contributed by atoms with Crippen molar-refractivity contribution in [2.75, 3.05) is 6.26 Å². The summed E-state index contributed by atoms with van der Waals surface area (Å²) in [5, 5.41) is 0.437. The van der Waals surface area contributed by atoms with Crippen LogP contribution in [0.25, 0.3) is 11.0 Å². The number of hydrogen-bond acceptors (Lipinski definition) is 2. The minimum Gasteiger partial charge on any atom is -0.331 e. The number of thioether (sulfide) groups is 1. The first-order valence-corrected chi connectivity index (χ1v) is 7.62. The van der Waals surface area contributed by atoms with Gasteiger partial charge in [0.2, 0.25) is 0 Å². The Labute approximate surface area is 117 Å². The quantitative estimate of drug-likeness (QED) is 0.842. The molecule has 0 amide bonds. The predicted molar refractivity (Wildman–Crippen MR) is 77.8 cm³/mol. The molecule has 92 valence electrons. The van der Waals surface area contributed by atoms with Gasteiger partial charge in [-0.2, -0.15) is 11.8 Å². The Balaban J connectivity index is 2.58. The number of halogens is 2. The number of nitrogens with one attached hydrogen (secondary N) is 1. The van der Waals surface area contributed by atoms with Gasteiger partial charge in [0, 0.05) is 17.9 Å². The minimum absolute atomic E-state index is 0.267. The summed E-state index contributed by atoms with van der Waals surface area (Å²) in [6.07, 6.45) is 2.06. The molecule has 0 radical (unpaired) electrons. The number of aromatic nitrogens is 2. The first-order chi connectivity index (χ1) is 8.02. The third-order valence-electron chi connectivity index (χ3n) is 2.66. The highest BCUT2D eigenvalue weighted by atomic mass is 79.9. The van der Waals surface area contributed by atoms with Crippen LogP contribution in [0.4, 0.5) is 4.39 Å². The Bertz CT molecular complexity index is 605. The summed E-state index contributed by atoms with van der Waals surface area (Å²) < 4.78 is 16.6. The van der Waals surface area contributed by atoms with E-state index in [4.69, 9.17) is 12.2 Å². The normalized spacial score (nSPS) is 13.2. The number of nitrogens with zero attached hydrogens (tertiary/aromatic N) is 1. The van der Waals surface area contributed by atoms with Gasteiger partial charge in [0.15, 0.2) is 4.77 Å². The van der Waals surface area contributed by atoms with Gasteiger partial charge in [0.05, 0.1) is 15.5 Å². The van der Waals surface area contributed by atoms with Crippen molar-refractivity contribution in [1.29, 1.82) is 0 Å². The highest BCUT2D eigenvalue weighted by Crippen LogP contribution is 2.24. The minimum atomic E-state index is -0.267. The van der Waals surface area contributed by atoms with E-state index in [9.17, 15) is 4.39 Å². The van der Waals surface area contributed by atoms with E-state index in [1.54, 1.807) is 17.8 Å². The van der Waals surface area contributed by atoms with Crippen LogP contribution in [0, 0.1) is 10.6 Å². The summed E-state index contributed by atoms with van der Waals surface area (Å²) in [6.45, 7) is 2.90. The lowest BCUT2D eigenvalue weighted by atomic mass is 10.3. The van der Waals surface area contributed by atoms with Crippen LogP contribution in [-0.4, -0.2) is 21.1 Å². The van der Waals surface area contributed by atoms with Gasteiger partial charge in [-0.05, 0) is 40.5 Å². The summed E-state index contributed by atoms with van der Waals surface area (Å²) >= 11 is 10.2. The van der Waals surface area contributed by atoms with E-state index < -0.39 is 0 Å². The highest BCUT2D eigenvalue weighted by molar-refractivity contribution is 9.10. The number of hydrogen-bond donors (Lipinski definition) is 1. The van der Waals surface area contributed by atoms with Gasteiger partial charge in [-0.15, -0.1) is 0 Å². The summed E-state index contributed by atoms with van der Waals surface area (Å²) in [5.41, 5.74) is 1.67. The maximum Gasteiger partial charge on any atom is 0.178 e. The van der Waals surface area contributed by atoms with Gasteiger partial charge in [0.25, 0.3) is 0 Å². The molecule has 0 fully saturated rings. The first-order valence-electron chi connectivity index (χ1n) is 5.13. The van der Waals surface area contributed by atoms with Crippen molar-refractivity contribution in [1.82, 2.24) is 9.55 Å². The second kappa shape index (κ2) is 5.12. The standard InChI is InChI=1S/C11H12BrFN2S2/c1-6(17-2)5-15-10-4-8(13)7(12)3-9(10)14-11(15)16/h3-4,6H,5H2,1-2H3,(H,14,16). The van der Waals surface area contributed by atoms with E-state index in [1.807, 2.05) is 4.57 Å². The maximum atomic E-state index is 13.5. The van der Waals surface area contributed by atoms with Crippen LogP contribution in [0.3, 0.4) is 0 Å². The maximum absolute atomic E-state index is 13.5. The largest absolute Gasteiger partial charge is 0.331 e. The smallest absolute Gasteiger partial charge is 0.178 e. The molecular weight excluding hydrogens is 323 g/mol. The molecule has 1 aromatic carbocycles. The molecule has 1 heterocycles. The predicted octanol–water partition coefficient (Wildman–Crippen LogP) is 4.35. The SMILES string of the molecule is CSC(C)Cn1c(=S)[nH]c2cc(Br)c(F)cc21. The summed E-state index contributed by atoms with van der Waals surface area (Å²) in [5.74, 6) is -0.267. The molecule has 2 nitrogen and oxygen atoms in total. The number of benzene rings is 1. The van der Waals surface area contributed by atoms with E-state index >= 15 is 0 Å². The average Bonchev–Trinajstić information content (AvgIpc) is 2.56. The van der Waals surface area contributed by atoms with Crippen molar-refractivity contribution in [3.63, 3.8) is 0 Å². The number of aromatic amines is 1. The Hall–Kier alpha value is -0.330. The molecule has 1 N–H and O–H groups in total. The van der Waals surface area contributed by atoms with E-state index in [-0.39, 0.29) is 5.82 Å². The third kappa shape index (κ3) is 2.58. The van der Waals surface area contributed by atoms with Gasteiger partial charge < -0.3 is 9.55 Å². The Morgan fingerprint density at radius 2 is 2.29 bits per heavy atom. The molecule has 2 rings (SSSR count). The number of fused-ring (bicyclic) bond motifs is 1. The molecule has 1 aromatic heterocycles. The molecule has 2 aromatic rings. The molecule has 0 saturated carbocycles. The lowest BCUT2D eigenvalue weighted by Crippen LogP contribution is -2.08. The molecular formula is C11H12BrFN2S2. The fraction of sp³-hybridized carbons (Fsp3) is 0.364. The monoisotopic (exact) mass is 334 g/mol. The zero-order valence-corrected chi connectivity index (χ0v) is 12.7. The molecule has 6 heteroatoms. The van der Waals surface area contributed by atoms with Gasteiger partial charge in [0.1, 0.15) is 5.82 Å². The average molecular weight is 335 g/mol. The van der Waals surface area contributed by atoms with Crippen LogP contribution in [0.2, 0.25) is 0 Å². The summed E-state index contributed by atoms with van der Waals surface area (Å²) in [7, 11) is 0. The van der Waals surface area contributed by atoms with E-state index in [2.05, 4.69) is 34.1 Å². The van der Waals surface area contributed by atoms with Crippen molar-refractivity contribution < 1.29 is 4.39 Å². The Morgan fingerprint density at radius 1 is 1.59 bits per heavy atom. The summed E-state index contributed by atoms with van der Waals surface area (Å²) in [6, 6.07) is 3.24. The Morgan fingerprint density at radius 3 is 2.94 bits per heavy atom. The van der Waals surface area contributed by atoms with Crippen molar-refractivity contribution in [3.05, 3.63) is 27.2 Å². The second-order valence-electron chi connectivity index (χ2n) is 3.87. The van der Waals surface area contributed by atoms with Crippen LogP contribution in [0.15, 0.2) is 16.6 Å². The topological polar surface area (TPSA) is 20.7 Å². The van der Waals surface area contributed by atoms with Gasteiger partial charge in [-0.25, -0.2) is 4.39 Å². The molecule has 0 saturated heterocycles. The van der Waals surface area contributed by atoms with Crippen LogP contribution in [0.1, 0.15) is 6.92 Å². The lowest BCUT2D eigenvalue weighted by molar-refractivity contribution is 0.620. The fourth-order valence-corrected chi connectivity index (χ4v) is 2.59. The van der Waals surface area contributed by atoms with Crippen LogP contribution in [0.5, 0.6) is 0 Å². The van der Waals surface area contributed by atoms with E-state index in [0.717, 1.165) is 17.6 Å². The van der Waals surface area contributed by atoms with E-state index in [1.165, 1.54) is 6.07 Å². The Kier molecular flexibility index (Phi) is 3.95. The second-order valence-corrected chi connectivity index (χ2v) is 6.39. The van der Waals surface area contributed by atoms with Crippen LogP contribution in [-0.2, 0) is 6.54 Å². The number of H-pyrrole nitrogens is 1. The van der Waals surface area contributed by atoms with Crippen molar-refractivity contribution in [2.45, 2.75) is 18.7 Å². The van der Waals surface area contributed by atoms with Crippen LogP contribution >= 0.6 is 39.9 Å². The molecule has 17 heavy (non-hydrogen) atoms. The molecule has 0 aliphatic carbocycles. The van der Waals surface area contributed by atoms with Gasteiger partial charge in [-0.1, -0.05) is 6.92 Å². The molecule has 0 bridgehead atoms. The third-order valence-corrected chi connectivity index (χ3v) is 4.54. The zero-order chi connectivity index (χ0) is 12.6. The van der Waals surface area contributed by atoms with E-state index in [0.29, 0.717) is 14.5 Å². The van der Waals surface area contributed by atoms with Gasteiger partial charge >= 0.3 is 0 Å². The van der Waals surface area contributed by atoms with Crippen molar-refractivity contribution in [2.24, 2.45) is 0 Å². The first kappa shape index (κ1) is 13.1. The molecule has 1 atom stereocenters. The van der Waals surface area contributed by atoms with Crippen molar-refractivity contribution in [3.8, 4) is 0 Å². The van der Waals surface area contributed by atoms with Crippen molar-refractivity contribution >= 4 is 50.9 Å². The summed E-state index contributed by atoms with van der Waals surface area (Å²) in [4.78, 5) is 3.10. The molecule has 0 spiro atoms. The lowest BCUT2D eigenvalue weighted by Gasteiger charge is -2.10. The molecule has 0 aliphatic rings.